The van der Waals surface area contributed by atoms with Crippen LogP contribution in [0.5, 0.6) is 0 Å². The summed E-state index contributed by atoms with van der Waals surface area (Å²) in [6.07, 6.45) is -19.1. The van der Waals surface area contributed by atoms with Crippen molar-refractivity contribution in [3.05, 3.63) is 234 Å². The monoisotopic (exact) mass is 1390 g/mol. The molecule has 2 heterocycles. The molecule has 0 N–H and O–H groups in total. The molecule has 22 heteroatoms. The van der Waals surface area contributed by atoms with E-state index in [1.807, 2.05) is 0 Å². The van der Waals surface area contributed by atoms with Gasteiger partial charge in [0.2, 0.25) is 11.8 Å². The zero-order chi connectivity index (χ0) is 97.4. The zero-order valence-corrected chi connectivity index (χ0v) is 53.4. The normalized spacial score (nSPS) is 21.8. The van der Waals surface area contributed by atoms with Gasteiger partial charge >= 0.3 is 12.4 Å². The predicted molar refractivity (Wildman–Crippen MR) is 363 cm³/mol. The Hall–Kier alpha value is -7.92. The van der Waals surface area contributed by atoms with Crippen LogP contribution in [0.15, 0.2) is 165 Å². The third kappa shape index (κ3) is 18.4. The third-order valence-corrected chi connectivity index (χ3v) is 16.6. The molecule has 0 aliphatic heterocycles. The number of fused-ring (bicyclic) bond motifs is 2. The molecule has 0 radical (unpaired) electrons. The molecule has 0 bridgehead atoms. The van der Waals surface area contributed by atoms with E-state index >= 15 is 4.79 Å². The lowest BCUT2D eigenvalue weighted by molar-refractivity contribution is -0.138. The number of hydrogen-bond acceptors (Lipinski definition) is 10. The summed E-state index contributed by atoms with van der Waals surface area (Å²) < 4.78 is 385. The molecule has 2 atom stereocenters. The minimum atomic E-state index is -4.66. The number of likely N-dealkylation sites (N-methyl/N-ethyl adjacent to an activating group) is 2. The average molecular weight is 1390 g/mol. The molecule has 12 nitrogen and oxygen atoms in total. The maximum absolute atomic E-state index is 15.1. The van der Waals surface area contributed by atoms with Gasteiger partial charge in [-0.1, -0.05) is 148 Å². The average Bonchev–Trinajstić information content (AvgIpc) is 1.50. The minimum absolute atomic E-state index is 0.0440. The lowest BCUT2D eigenvalue weighted by atomic mass is 9.99. The molecule has 6 aromatic carbocycles. The van der Waals surface area contributed by atoms with Crippen LogP contribution in [0.2, 0.25) is 0 Å². The van der Waals surface area contributed by atoms with Crippen molar-refractivity contribution < 1.29 is 88.6 Å². The number of hydrogen-bond donors (Lipinski definition) is 0. The smallest absolute Gasteiger partial charge is 0.333 e. The van der Waals surface area contributed by atoms with Crippen LogP contribution in [-0.2, 0) is 72.1 Å². The first-order valence-corrected chi connectivity index (χ1v) is 30.8. The molecule has 2 unspecified atom stereocenters. The van der Waals surface area contributed by atoms with E-state index in [2.05, 4.69) is 9.97 Å². The number of amides is 2. The van der Waals surface area contributed by atoms with Crippen LogP contribution >= 0.6 is 23.5 Å². The highest BCUT2D eigenvalue weighted by molar-refractivity contribution is 7.98. The van der Waals surface area contributed by atoms with Gasteiger partial charge in [0.1, 0.15) is 24.7 Å². The van der Waals surface area contributed by atoms with Crippen molar-refractivity contribution in [2.24, 2.45) is 0 Å². The van der Waals surface area contributed by atoms with Crippen LogP contribution in [0.25, 0.3) is 22.3 Å². The van der Waals surface area contributed by atoms with E-state index in [0.717, 1.165) is 76.2 Å². The molecule has 0 saturated heterocycles. The topological polar surface area (TPSA) is 117 Å². The van der Waals surface area contributed by atoms with E-state index in [9.17, 15) is 57.7 Å². The number of carbonyl (C=O) groups is 2. The molecule has 2 aliphatic carbocycles. The van der Waals surface area contributed by atoms with E-state index in [1.165, 1.54) is 53.1 Å². The number of nitrogens with zero attached hydrogens (tertiary/aromatic N) is 8. The molecule has 8 aromatic rings. The van der Waals surface area contributed by atoms with Crippen molar-refractivity contribution >= 4 is 35.3 Å². The summed E-state index contributed by atoms with van der Waals surface area (Å²) in [6, 6.07) is 5.19. The molecule has 508 valence electrons. The van der Waals surface area contributed by atoms with Crippen LogP contribution in [0.3, 0.4) is 0 Å². The number of rotatable bonds is 26. The summed E-state index contributed by atoms with van der Waals surface area (Å²) in [5.41, 5.74) is -6.26. The van der Waals surface area contributed by atoms with Gasteiger partial charge in [-0.25, -0.2) is 8.78 Å². The van der Waals surface area contributed by atoms with Gasteiger partial charge in [-0.15, -0.1) is 0 Å². The van der Waals surface area contributed by atoms with E-state index in [0.29, 0.717) is 47.7 Å². The molecule has 96 heavy (non-hydrogen) atoms. The standard InChI is InChI=1S/2C37H40F4N4O2S/c2*1-4-43(5-2)21-22-44(25(3)27-11-13-28(14-12-27)29-15-17-30(18-16-29)37(39,40)41)34(46)23-45-33-8-6-7-32(33)35(47)42-36(45)48-24-26-9-19-31(38)20-10-26/h2*9-20,25H,4-8,21-24H2,1-3H3/i4D2,5D2,6D2,7D2,8D2,9D,10D,19D,20D,21D2,22D2,25D;4D2,5D2,9D,10D,19D,20D,21D2,22D2,25D. The van der Waals surface area contributed by atoms with Gasteiger partial charge in [-0.05, 0) is 171 Å². The van der Waals surface area contributed by atoms with Crippen molar-refractivity contribution in [2.45, 2.75) is 139 Å². The number of benzene rings is 6. The lowest BCUT2D eigenvalue weighted by Crippen LogP contribution is -2.42. The Morgan fingerprint density at radius 1 is 0.542 bits per heavy atom. The third-order valence-electron chi connectivity index (χ3n) is 14.6. The molecule has 0 saturated carbocycles. The summed E-state index contributed by atoms with van der Waals surface area (Å²) >= 11 is 0.956. The zero-order valence-electron chi connectivity index (χ0n) is 83.7. The molecule has 0 spiro atoms. The van der Waals surface area contributed by atoms with E-state index < -0.39 is 236 Å². The summed E-state index contributed by atoms with van der Waals surface area (Å²) in [5, 5.41) is -1.06. The Morgan fingerprint density at radius 2 is 0.906 bits per heavy atom. The fraction of sp³-hybridized carbons (Fsp3) is 0.378. The van der Waals surface area contributed by atoms with Crippen molar-refractivity contribution in [3.8, 4) is 22.3 Å². The maximum atomic E-state index is 15.1. The van der Waals surface area contributed by atoms with Gasteiger partial charge in [0.25, 0.3) is 11.1 Å². The SMILES string of the molecule is [2H]c1c([2H])c(CSc2nc(=O)c3c(n2CC(=O)N(C([2H])(C)c2ccc(-c4ccc(C(F)(F)F)cc4)cc2)C([2H])([2H])C([2H])([2H])N(C([2H])([2H])C)C([2H])([2H])C)C([2H])([2H])C([2H])([2H])C3([2H])[2H])c([2H])c([2H])c1F.[2H]c1c([2H])c(CSc2nc(=O)c3c(n2CC(=O)N(C([2H])(C)c2ccc(-c4ccc(C(F)(F)F)cc4)cc2)C([2H])([2H])C([2H])([2H])N(C([2H])([2H])C)C([2H])([2H])C)CCC3)c([2H])c([2H])c1F. The number of alkyl halides is 6. The van der Waals surface area contributed by atoms with Crippen LogP contribution in [-0.4, -0.2) is 102 Å². The summed E-state index contributed by atoms with van der Waals surface area (Å²) in [5.74, 6) is -7.19. The van der Waals surface area contributed by atoms with Crippen LogP contribution in [0, 0.1) is 11.6 Å². The van der Waals surface area contributed by atoms with Crippen molar-refractivity contribution in [1.82, 2.24) is 38.7 Å². The summed E-state index contributed by atoms with van der Waals surface area (Å²) in [4.78, 5) is 64.6. The predicted octanol–water partition coefficient (Wildman–Crippen LogP) is 15.6. The first-order valence-electron chi connectivity index (χ1n) is 44.8. The fourth-order valence-corrected chi connectivity index (χ4v) is 11.4. The number of thioether (sulfide) groups is 2. The summed E-state index contributed by atoms with van der Waals surface area (Å²) in [7, 11) is 0. The van der Waals surface area contributed by atoms with Gasteiger partial charge in [-0.2, -0.15) is 36.3 Å². The molecular weight excluding hydrogens is 1280 g/mol. The van der Waals surface area contributed by atoms with Crippen LogP contribution in [0.1, 0.15) is 166 Å². The highest BCUT2D eigenvalue weighted by Crippen LogP contribution is 2.36. The Bertz CT molecular complexity index is 5650. The largest absolute Gasteiger partial charge is 0.416 e. The number of aromatic nitrogens is 4. The van der Waals surface area contributed by atoms with Gasteiger partial charge in [-0.3, -0.25) is 19.2 Å². The minimum Gasteiger partial charge on any atom is -0.333 e. The Kier molecular flexibility index (Phi) is 13.9. The Balaban J connectivity index is 0.000000290. The molecule has 10 rings (SSSR count). The molecular formula is C74H80F8N8O4S2. The molecule has 2 aliphatic rings. The molecule has 2 aromatic heterocycles. The fourth-order valence-electron chi connectivity index (χ4n) is 9.61. The van der Waals surface area contributed by atoms with Crippen molar-refractivity contribution in [1.29, 1.82) is 0 Å². The molecule has 0 fully saturated rings. The second-order valence-corrected chi connectivity index (χ2v) is 22.4. The van der Waals surface area contributed by atoms with E-state index in [1.54, 1.807) is 0 Å². The van der Waals surface area contributed by atoms with Gasteiger partial charge in [0.15, 0.2) is 10.3 Å². The number of halogens is 8. The van der Waals surface area contributed by atoms with E-state index in [-0.39, 0.29) is 88.4 Å². The van der Waals surface area contributed by atoms with Crippen molar-refractivity contribution in [3.63, 3.8) is 0 Å². The highest BCUT2D eigenvalue weighted by Gasteiger charge is 2.33. The quantitative estimate of drug-likeness (QED) is 0.0295. The summed E-state index contributed by atoms with van der Waals surface area (Å²) in [6.45, 7) is -25.2. The highest BCUT2D eigenvalue weighted by atomic mass is 32.2. The first kappa shape index (κ1) is 40.7. The van der Waals surface area contributed by atoms with Gasteiger partial charge in [0.05, 0.1) is 42.4 Å². The number of carbonyl (C=O) groups excluding carboxylic acids is 2. The van der Waals surface area contributed by atoms with Gasteiger partial charge < -0.3 is 28.7 Å². The first-order chi connectivity index (χ1) is 57.9. The van der Waals surface area contributed by atoms with Crippen LogP contribution < -0.4 is 11.1 Å². The van der Waals surface area contributed by atoms with Crippen LogP contribution in [0.4, 0.5) is 35.1 Å². The molecule has 2 amide bonds. The second kappa shape index (κ2) is 32.9. The van der Waals surface area contributed by atoms with Gasteiger partial charge in [0, 0.05) is 84.7 Å². The van der Waals surface area contributed by atoms with E-state index in [4.69, 9.17) is 35.6 Å². The Morgan fingerprint density at radius 3 is 1.28 bits per heavy atom. The lowest BCUT2D eigenvalue weighted by Gasteiger charge is -2.33. The second-order valence-electron chi connectivity index (χ2n) is 20.6. The Labute approximate surface area is 608 Å². The van der Waals surface area contributed by atoms with Crippen molar-refractivity contribution in [2.75, 3.05) is 52.0 Å². The maximum Gasteiger partial charge on any atom is 0.416 e.